The second kappa shape index (κ2) is 5.52. The van der Waals surface area contributed by atoms with Crippen LogP contribution >= 0.6 is 0 Å². The average molecular weight is 275 g/mol. The largest absolute Gasteiger partial charge is 0.478 e. The lowest BCUT2D eigenvalue weighted by atomic mass is 10.1. The van der Waals surface area contributed by atoms with Gasteiger partial charge in [0, 0.05) is 12.1 Å². The Balaban J connectivity index is 2.46. The van der Waals surface area contributed by atoms with Crippen molar-refractivity contribution in [3.8, 4) is 5.69 Å². The van der Waals surface area contributed by atoms with Gasteiger partial charge >= 0.3 is 5.97 Å². The summed E-state index contributed by atoms with van der Waals surface area (Å²) < 4.78 is 1.51. The Bertz CT molecular complexity index is 646. The van der Waals surface area contributed by atoms with E-state index in [4.69, 9.17) is 5.11 Å². The highest BCUT2D eigenvalue weighted by Crippen LogP contribution is 2.19. The number of non-ortho nitro benzene ring substituents is 1. The van der Waals surface area contributed by atoms with Gasteiger partial charge in [-0.1, -0.05) is 13.3 Å². The third kappa shape index (κ3) is 2.51. The first-order valence-corrected chi connectivity index (χ1v) is 6.09. The van der Waals surface area contributed by atoms with Gasteiger partial charge in [-0.3, -0.25) is 10.1 Å². The Hall–Kier alpha value is -2.70. The molecule has 0 aliphatic carbocycles. The molecule has 1 heterocycles. The molecule has 0 spiro atoms. The van der Waals surface area contributed by atoms with Crippen molar-refractivity contribution in [1.82, 2.24) is 9.78 Å². The van der Waals surface area contributed by atoms with Crippen molar-refractivity contribution in [2.24, 2.45) is 0 Å². The molecule has 0 fully saturated rings. The molecule has 0 atom stereocenters. The van der Waals surface area contributed by atoms with Gasteiger partial charge in [-0.2, -0.15) is 5.10 Å². The van der Waals surface area contributed by atoms with Gasteiger partial charge in [0.15, 0.2) is 0 Å². The molecule has 1 aromatic heterocycles. The van der Waals surface area contributed by atoms with Gasteiger partial charge in [-0.25, -0.2) is 9.48 Å². The molecule has 1 N–H and O–H groups in total. The van der Waals surface area contributed by atoms with Crippen molar-refractivity contribution in [3.05, 3.63) is 51.8 Å². The minimum Gasteiger partial charge on any atom is -0.478 e. The fourth-order valence-corrected chi connectivity index (χ4v) is 1.97. The van der Waals surface area contributed by atoms with E-state index in [1.54, 1.807) is 12.1 Å². The Morgan fingerprint density at radius 1 is 1.40 bits per heavy atom. The van der Waals surface area contributed by atoms with Gasteiger partial charge in [-0.15, -0.1) is 0 Å². The van der Waals surface area contributed by atoms with Crippen molar-refractivity contribution in [1.29, 1.82) is 0 Å². The molecule has 0 aliphatic rings. The highest BCUT2D eigenvalue weighted by molar-refractivity contribution is 5.88. The summed E-state index contributed by atoms with van der Waals surface area (Å²) in [5, 5.41) is 23.8. The number of carbonyl (C=O) groups is 1. The van der Waals surface area contributed by atoms with Gasteiger partial charge < -0.3 is 5.11 Å². The van der Waals surface area contributed by atoms with E-state index < -0.39 is 10.9 Å². The molecule has 1 aromatic carbocycles. The predicted octanol–water partition coefficient (Wildman–Crippen LogP) is 2.43. The maximum absolute atomic E-state index is 11.1. The molecule has 2 aromatic rings. The van der Waals surface area contributed by atoms with E-state index in [1.807, 2.05) is 6.92 Å². The zero-order valence-electron chi connectivity index (χ0n) is 10.8. The van der Waals surface area contributed by atoms with E-state index in [0.29, 0.717) is 17.8 Å². The lowest BCUT2D eigenvalue weighted by Crippen LogP contribution is -2.06. The second-order valence-corrected chi connectivity index (χ2v) is 4.25. The molecule has 7 nitrogen and oxygen atoms in total. The number of carboxylic acid groups (broad SMARTS) is 1. The van der Waals surface area contributed by atoms with Crippen LogP contribution in [0.2, 0.25) is 0 Å². The molecule has 0 saturated heterocycles. The van der Waals surface area contributed by atoms with Crippen LogP contribution in [0.3, 0.4) is 0 Å². The van der Waals surface area contributed by atoms with Crippen LogP contribution in [0.25, 0.3) is 5.69 Å². The number of aromatic carboxylic acids is 1. The van der Waals surface area contributed by atoms with Crippen LogP contribution in [0.1, 0.15) is 29.4 Å². The van der Waals surface area contributed by atoms with Crippen molar-refractivity contribution >= 4 is 11.7 Å². The van der Waals surface area contributed by atoms with Crippen LogP contribution in [-0.4, -0.2) is 25.8 Å². The molecule has 20 heavy (non-hydrogen) atoms. The van der Waals surface area contributed by atoms with Gasteiger partial charge in [0.1, 0.15) is 5.56 Å². The molecule has 0 radical (unpaired) electrons. The lowest BCUT2D eigenvalue weighted by molar-refractivity contribution is -0.384. The highest BCUT2D eigenvalue weighted by atomic mass is 16.6. The number of hydrogen-bond acceptors (Lipinski definition) is 4. The molecule has 0 unspecified atom stereocenters. The third-order valence-electron chi connectivity index (χ3n) is 2.89. The minimum absolute atomic E-state index is 0.0172. The fourth-order valence-electron chi connectivity index (χ4n) is 1.97. The summed E-state index contributed by atoms with van der Waals surface area (Å²) in [6, 6.07) is 5.84. The molecule has 7 heteroatoms. The topological polar surface area (TPSA) is 98.3 Å². The summed E-state index contributed by atoms with van der Waals surface area (Å²) in [5.74, 6) is -1.03. The van der Waals surface area contributed by atoms with Crippen molar-refractivity contribution in [2.75, 3.05) is 0 Å². The number of hydrogen-bond donors (Lipinski definition) is 1. The van der Waals surface area contributed by atoms with Gasteiger partial charge in [0.2, 0.25) is 0 Å². The first-order valence-electron chi connectivity index (χ1n) is 6.09. The minimum atomic E-state index is -1.03. The molecule has 2 rings (SSSR count). The average Bonchev–Trinajstić information content (AvgIpc) is 2.83. The predicted molar refractivity (Wildman–Crippen MR) is 71.2 cm³/mol. The standard InChI is InChI=1S/C13H13N3O4/c1-2-3-12-11(13(17)18)8-14-15(12)9-4-6-10(7-5-9)16(19)20/h4-8H,2-3H2,1H3,(H,17,18). The summed E-state index contributed by atoms with van der Waals surface area (Å²) in [6.45, 7) is 1.94. The number of nitro groups is 1. The Morgan fingerprint density at radius 2 is 2.05 bits per heavy atom. The molecule has 0 aliphatic heterocycles. The van der Waals surface area contributed by atoms with E-state index in [9.17, 15) is 14.9 Å². The number of nitro benzene ring substituents is 1. The summed E-state index contributed by atoms with van der Waals surface area (Å²) in [5.41, 5.74) is 1.34. The lowest BCUT2D eigenvalue weighted by Gasteiger charge is -2.07. The van der Waals surface area contributed by atoms with Crippen LogP contribution < -0.4 is 0 Å². The van der Waals surface area contributed by atoms with Crippen molar-refractivity contribution < 1.29 is 14.8 Å². The van der Waals surface area contributed by atoms with E-state index in [0.717, 1.165) is 6.42 Å². The molecular weight excluding hydrogens is 262 g/mol. The van der Waals surface area contributed by atoms with Crippen LogP contribution in [0.15, 0.2) is 30.5 Å². The maximum Gasteiger partial charge on any atom is 0.339 e. The van der Waals surface area contributed by atoms with Crippen LogP contribution in [0.5, 0.6) is 0 Å². The van der Waals surface area contributed by atoms with Crippen molar-refractivity contribution in [3.63, 3.8) is 0 Å². The SMILES string of the molecule is CCCc1c(C(=O)O)cnn1-c1ccc([N+](=O)[O-])cc1. The first-order chi connectivity index (χ1) is 9.54. The number of carboxylic acids is 1. The Kier molecular flexibility index (Phi) is 3.79. The van der Waals surface area contributed by atoms with E-state index >= 15 is 0 Å². The van der Waals surface area contributed by atoms with E-state index in [-0.39, 0.29) is 11.3 Å². The number of benzene rings is 1. The molecule has 104 valence electrons. The molecule has 0 saturated carbocycles. The Morgan fingerprint density at radius 3 is 2.55 bits per heavy atom. The number of aromatic nitrogens is 2. The first kappa shape index (κ1) is 13.7. The number of nitrogens with zero attached hydrogens (tertiary/aromatic N) is 3. The van der Waals surface area contributed by atoms with Gasteiger partial charge in [-0.05, 0) is 18.6 Å². The zero-order valence-corrected chi connectivity index (χ0v) is 10.8. The van der Waals surface area contributed by atoms with Crippen LogP contribution in [0, 0.1) is 10.1 Å². The highest BCUT2D eigenvalue weighted by Gasteiger charge is 2.17. The monoisotopic (exact) mass is 275 g/mol. The number of rotatable bonds is 5. The van der Waals surface area contributed by atoms with E-state index in [1.165, 1.54) is 23.0 Å². The van der Waals surface area contributed by atoms with Crippen LogP contribution in [0.4, 0.5) is 5.69 Å². The normalized spacial score (nSPS) is 10.4. The Labute approximate surface area is 114 Å². The quantitative estimate of drug-likeness (QED) is 0.667. The second-order valence-electron chi connectivity index (χ2n) is 4.25. The summed E-state index contributed by atoms with van der Waals surface area (Å²) in [6.07, 6.45) is 2.65. The summed E-state index contributed by atoms with van der Waals surface area (Å²) in [7, 11) is 0. The smallest absolute Gasteiger partial charge is 0.339 e. The van der Waals surface area contributed by atoms with E-state index in [2.05, 4.69) is 5.10 Å². The summed E-state index contributed by atoms with van der Waals surface area (Å²) >= 11 is 0. The van der Waals surface area contributed by atoms with Gasteiger partial charge in [0.05, 0.1) is 22.5 Å². The molecular formula is C13H13N3O4. The van der Waals surface area contributed by atoms with Crippen molar-refractivity contribution in [2.45, 2.75) is 19.8 Å². The third-order valence-corrected chi connectivity index (χ3v) is 2.89. The maximum atomic E-state index is 11.1. The summed E-state index contributed by atoms with van der Waals surface area (Å²) in [4.78, 5) is 21.3. The molecule has 0 bridgehead atoms. The fraction of sp³-hybridized carbons (Fsp3) is 0.231. The molecule has 0 amide bonds. The van der Waals surface area contributed by atoms with Crippen LogP contribution in [-0.2, 0) is 6.42 Å². The van der Waals surface area contributed by atoms with Gasteiger partial charge in [0.25, 0.3) is 5.69 Å². The zero-order chi connectivity index (χ0) is 14.7.